The number of aromatic nitrogens is 2. The van der Waals surface area contributed by atoms with Crippen LogP contribution in [0.5, 0.6) is 0 Å². The maximum Gasteiger partial charge on any atom is 0.227 e. The zero-order chi connectivity index (χ0) is 27.6. The van der Waals surface area contributed by atoms with E-state index in [0.717, 1.165) is 77.8 Å². The van der Waals surface area contributed by atoms with Gasteiger partial charge in [0.15, 0.2) is 0 Å². The van der Waals surface area contributed by atoms with Crippen LogP contribution in [0.3, 0.4) is 0 Å². The van der Waals surface area contributed by atoms with Crippen molar-refractivity contribution in [3.63, 3.8) is 0 Å². The number of allylic oxidation sites excluding steroid dienone is 1. The van der Waals surface area contributed by atoms with Crippen LogP contribution in [0.25, 0.3) is 22.4 Å². The highest BCUT2D eigenvalue weighted by Gasteiger charge is 2.24. The standard InChI is InChI=1S/C22H23N3O2.C11H21N/c1-14-2-6-17(7-3-14)22(27)23-18-10-11-19-20(12-18)25-21(24-19)16-8-4-15(13-26)5-9-16;1-3-4-10-5-6-11(9-10)7-8-12-2/h4-5,8-14,17H,2-3,6-7H2,1H3,(H,23,27)(H,24,25);3,10-12H,1,4-9H2,2H3. The summed E-state index contributed by atoms with van der Waals surface area (Å²) in [5, 5.41) is 6.28. The fraction of sp³-hybridized carbons (Fsp3) is 0.485. The molecule has 1 heterocycles. The summed E-state index contributed by atoms with van der Waals surface area (Å²) in [7, 11) is 2.04. The van der Waals surface area contributed by atoms with Gasteiger partial charge in [0.25, 0.3) is 0 Å². The number of hydrogen-bond acceptors (Lipinski definition) is 4. The molecule has 0 aliphatic heterocycles. The molecule has 39 heavy (non-hydrogen) atoms. The van der Waals surface area contributed by atoms with Crippen LogP contribution < -0.4 is 10.6 Å². The normalized spacial score (nSPS) is 22.6. The summed E-state index contributed by atoms with van der Waals surface area (Å²) in [6.45, 7) is 7.24. The zero-order valence-corrected chi connectivity index (χ0v) is 23.5. The highest BCUT2D eigenvalue weighted by molar-refractivity contribution is 5.95. The monoisotopic (exact) mass is 528 g/mol. The van der Waals surface area contributed by atoms with Crippen LogP contribution in [-0.4, -0.2) is 35.8 Å². The molecule has 2 aliphatic rings. The number of imidazole rings is 1. The number of H-pyrrole nitrogens is 1. The number of fused-ring (bicyclic) bond motifs is 1. The van der Waals surface area contributed by atoms with Crippen LogP contribution >= 0.6 is 0 Å². The molecule has 0 bridgehead atoms. The molecule has 2 fully saturated rings. The Balaban J connectivity index is 0.000000247. The number of carbonyl (C=O) groups is 2. The molecule has 0 saturated heterocycles. The SMILES string of the molecule is C=CCC1CCC(CCNC)C1.CC1CCC(C(=O)Nc2ccc3nc(-c4ccc(C=O)cc4)[nH]c3c2)CC1. The van der Waals surface area contributed by atoms with E-state index < -0.39 is 0 Å². The lowest BCUT2D eigenvalue weighted by Crippen LogP contribution is -2.26. The van der Waals surface area contributed by atoms with E-state index in [1.807, 2.05) is 37.4 Å². The molecule has 2 saturated carbocycles. The van der Waals surface area contributed by atoms with Crippen molar-refractivity contribution in [3.05, 3.63) is 60.7 Å². The van der Waals surface area contributed by atoms with Crippen molar-refractivity contribution in [3.8, 4) is 11.4 Å². The molecular formula is C33H44N4O2. The lowest BCUT2D eigenvalue weighted by Gasteiger charge is -2.25. The summed E-state index contributed by atoms with van der Waals surface area (Å²) < 4.78 is 0. The van der Waals surface area contributed by atoms with Gasteiger partial charge >= 0.3 is 0 Å². The predicted molar refractivity (Wildman–Crippen MR) is 161 cm³/mol. The van der Waals surface area contributed by atoms with Crippen molar-refractivity contribution < 1.29 is 9.59 Å². The number of nitrogens with zero attached hydrogens (tertiary/aromatic N) is 1. The second-order valence-corrected chi connectivity index (χ2v) is 11.5. The van der Waals surface area contributed by atoms with Gasteiger partial charge in [0, 0.05) is 22.7 Å². The van der Waals surface area contributed by atoms with Gasteiger partial charge < -0.3 is 15.6 Å². The molecule has 3 aromatic rings. The number of hydrogen-bond donors (Lipinski definition) is 3. The van der Waals surface area contributed by atoms with Crippen molar-refractivity contribution >= 4 is 28.9 Å². The summed E-state index contributed by atoms with van der Waals surface area (Å²) in [5.41, 5.74) is 4.06. The zero-order valence-electron chi connectivity index (χ0n) is 23.5. The van der Waals surface area contributed by atoms with Gasteiger partial charge in [0.05, 0.1) is 11.0 Å². The topological polar surface area (TPSA) is 86.9 Å². The van der Waals surface area contributed by atoms with Crippen LogP contribution in [0.4, 0.5) is 5.69 Å². The van der Waals surface area contributed by atoms with Gasteiger partial charge in [0.2, 0.25) is 5.91 Å². The largest absolute Gasteiger partial charge is 0.338 e. The molecule has 2 unspecified atom stereocenters. The van der Waals surface area contributed by atoms with Gasteiger partial charge in [-0.2, -0.15) is 0 Å². The van der Waals surface area contributed by atoms with Crippen LogP contribution in [0, 0.1) is 23.7 Å². The number of nitrogens with one attached hydrogen (secondary N) is 3. The number of aromatic amines is 1. The summed E-state index contributed by atoms with van der Waals surface area (Å²) >= 11 is 0. The van der Waals surface area contributed by atoms with Gasteiger partial charge in [-0.1, -0.05) is 43.7 Å². The molecule has 1 amide bonds. The van der Waals surface area contributed by atoms with E-state index in [4.69, 9.17) is 0 Å². The maximum atomic E-state index is 12.5. The third-order valence-corrected chi connectivity index (χ3v) is 8.41. The summed E-state index contributed by atoms with van der Waals surface area (Å²) in [6.07, 6.45) is 14.0. The van der Waals surface area contributed by atoms with Crippen LogP contribution in [0.1, 0.15) is 75.1 Å². The molecule has 0 radical (unpaired) electrons. The number of aldehydes is 1. The van der Waals surface area contributed by atoms with Crippen molar-refractivity contribution in [2.24, 2.45) is 23.7 Å². The van der Waals surface area contributed by atoms with E-state index in [1.54, 1.807) is 12.1 Å². The average Bonchev–Trinajstić information content (AvgIpc) is 3.59. The number of carbonyl (C=O) groups excluding carboxylic acids is 2. The Kier molecular flexibility index (Phi) is 10.5. The van der Waals surface area contributed by atoms with E-state index in [1.165, 1.54) is 38.6 Å². The Morgan fingerprint density at radius 3 is 2.49 bits per heavy atom. The minimum absolute atomic E-state index is 0.116. The third-order valence-electron chi connectivity index (χ3n) is 8.41. The van der Waals surface area contributed by atoms with Crippen LogP contribution in [-0.2, 0) is 4.79 Å². The molecule has 3 N–H and O–H groups in total. The molecule has 5 rings (SSSR count). The Labute approximate surface area is 233 Å². The lowest BCUT2D eigenvalue weighted by atomic mass is 9.82. The Morgan fingerprint density at radius 1 is 1.05 bits per heavy atom. The second kappa shape index (κ2) is 14.2. The molecule has 208 valence electrons. The molecule has 2 atom stereocenters. The minimum Gasteiger partial charge on any atom is -0.338 e. The number of amides is 1. The predicted octanol–water partition coefficient (Wildman–Crippen LogP) is 7.40. The van der Waals surface area contributed by atoms with Crippen LogP contribution in [0.2, 0.25) is 0 Å². The fourth-order valence-corrected chi connectivity index (χ4v) is 5.95. The van der Waals surface area contributed by atoms with Crippen molar-refractivity contribution in [2.45, 2.75) is 64.7 Å². The van der Waals surface area contributed by atoms with E-state index in [9.17, 15) is 9.59 Å². The molecule has 1 aromatic heterocycles. The summed E-state index contributed by atoms with van der Waals surface area (Å²) in [4.78, 5) is 31.2. The van der Waals surface area contributed by atoms with Gasteiger partial charge in [-0.3, -0.25) is 9.59 Å². The van der Waals surface area contributed by atoms with Gasteiger partial charge in [0.1, 0.15) is 12.1 Å². The Bertz CT molecular complexity index is 1220. The molecule has 6 nitrogen and oxygen atoms in total. The highest BCUT2D eigenvalue weighted by Crippen LogP contribution is 2.35. The molecule has 2 aromatic carbocycles. The smallest absolute Gasteiger partial charge is 0.227 e. The van der Waals surface area contributed by atoms with Gasteiger partial charge in [-0.15, -0.1) is 6.58 Å². The third kappa shape index (κ3) is 8.12. The number of anilines is 1. The molecule has 2 aliphatic carbocycles. The quantitative estimate of drug-likeness (QED) is 0.200. The van der Waals surface area contributed by atoms with Crippen molar-refractivity contribution in [1.29, 1.82) is 0 Å². The first-order valence-electron chi connectivity index (χ1n) is 14.6. The van der Waals surface area contributed by atoms with E-state index in [2.05, 4.69) is 40.2 Å². The van der Waals surface area contributed by atoms with Crippen molar-refractivity contribution in [2.75, 3.05) is 18.9 Å². The summed E-state index contributed by atoms with van der Waals surface area (Å²) in [6, 6.07) is 13.0. The molecule has 6 heteroatoms. The number of benzene rings is 2. The van der Waals surface area contributed by atoms with Gasteiger partial charge in [-0.25, -0.2) is 4.98 Å². The molecule has 0 spiro atoms. The van der Waals surface area contributed by atoms with E-state index >= 15 is 0 Å². The maximum absolute atomic E-state index is 12.5. The first kappa shape index (κ1) is 28.8. The van der Waals surface area contributed by atoms with Gasteiger partial charge in [-0.05, 0) is 101 Å². The summed E-state index contributed by atoms with van der Waals surface area (Å²) in [5.74, 6) is 3.64. The van der Waals surface area contributed by atoms with E-state index in [0.29, 0.717) is 5.56 Å². The Morgan fingerprint density at radius 2 is 1.79 bits per heavy atom. The van der Waals surface area contributed by atoms with Crippen molar-refractivity contribution in [1.82, 2.24) is 15.3 Å². The lowest BCUT2D eigenvalue weighted by molar-refractivity contribution is -0.121. The Hall–Kier alpha value is -3.25. The first-order valence-corrected chi connectivity index (χ1v) is 14.6. The minimum atomic E-state index is 0.116. The molecular weight excluding hydrogens is 484 g/mol. The van der Waals surface area contributed by atoms with Crippen LogP contribution in [0.15, 0.2) is 55.1 Å². The fourth-order valence-electron chi connectivity index (χ4n) is 5.95. The first-order chi connectivity index (χ1) is 19.0. The second-order valence-electron chi connectivity index (χ2n) is 11.5. The highest BCUT2D eigenvalue weighted by atomic mass is 16.1. The number of rotatable bonds is 9. The van der Waals surface area contributed by atoms with E-state index in [-0.39, 0.29) is 11.8 Å². The average molecular weight is 529 g/mol.